The second-order valence-corrected chi connectivity index (χ2v) is 6.21. The Kier molecular flexibility index (Phi) is 5.11. The zero-order valence-electron chi connectivity index (χ0n) is 14.8. The summed E-state index contributed by atoms with van der Waals surface area (Å²) in [6.45, 7) is 5.95. The summed E-state index contributed by atoms with van der Waals surface area (Å²) in [6, 6.07) is 11.4. The molecule has 0 aliphatic heterocycles. The summed E-state index contributed by atoms with van der Waals surface area (Å²) >= 11 is 0. The van der Waals surface area contributed by atoms with Crippen molar-refractivity contribution in [2.24, 2.45) is 0 Å². The van der Waals surface area contributed by atoms with Crippen LogP contribution in [0.1, 0.15) is 22.4 Å². The SMILES string of the molecule is Cc1cc(C)cc(Nc2nc(C)cc(OCc3ccc(F)c(F)c3)n2)c1. The smallest absolute Gasteiger partial charge is 0.230 e. The van der Waals surface area contributed by atoms with E-state index in [0.717, 1.165) is 34.6 Å². The molecule has 6 heteroatoms. The number of nitrogens with zero attached hydrogens (tertiary/aromatic N) is 2. The lowest BCUT2D eigenvalue weighted by Gasteiger charge is -2.11. The zero-order valence-corrected chi connectivity index (χ0v) is 14.8. The Balaban J connectivity index is 1.75. The molecule has 0 bridgehead atoms. The fourth-order valence-electron chi connectivity index (χ4n) is 2.63. The summed E-state index contributed by atoms with van der Waals surface area (Å²) in [5, 5.41) is 3.17. The van der Waals surface area contributed by atoms with E-state index in [1.54, 1.807) is 6.07 Å². The molecule has 0 amide bonds. The van der Waals surface area contributed by atoms with Crippen LogP contribution in [0.25, 0.3) is 0 Å². The molecule has 0 spiro atoms. The Bertz CT molecular complexity index is 924. The maximum absolute atomic E-state index is 13.3. The van der Waals surface area contributed by atoms with E-state index in [1.165, 1.54) is 6.07 Å². The number of anilines is 2. The van der Waals surface area contributed by atoms with E-state index in [1.807, 2.05) is 32.9 Å². The van der Waals surface area contributed by atoms with Gasteiger partial charge in [0.2, 0.25) is 11.8 Å². The van der Waals surface area contributed by atoms with Crippen molar-refractivity contribution < 1.29 is 13.5 Å². The number of hydrogen-bond acceptors (Lipinski definition) is 4. The van der Waals surface area contributed by atoms with E-state index < -0.39 is 11.6 Å². The first-order chi connectivity index (χ1) is 12.4. The van der Waals surface area contributed by atoms with Gasteiger partial charge < -0.3 is 10.1 Å². The average molecular weight is 355 g/mol. The Morgan fingerprint density at radius 3 is 2.31 bits per heavy atom. The van der Waals surface area contributed by atoms with Gasteiger partial charge in [-0.2, -0.15) is 4.98 Å². The van der Waals surface area contributed by atoms with Gasteiger partial charge in [-0.3, -0.25) is 0 Å². The predicted molar refractivity (Wildman–Crippen MR) is 96.7 cm³/mol. The molecule has 0 fully saturated rings. The molecule has 1 heterocycles. The first kappa shape index (κ1) is 17.8. The number of hydrogen-bond donors (Lipinski definition) is 1. The standard InChI is InChI=1S/C20H19F2N3O/c1-12-6-13(2)8-16(7-12)24-20-23-14(3)9-19(25-20)26-11-15-4-5-17(21)18(22)10-15/h4-10H,11H2,1-3H3,(H,23,24,25). The summed E-state index contributed by atoms with van der Waals surface area (Å²) in [6.07, 6.45) is 0. The molecule has 0 radical (unpaired) electrons. The third kappa shape index (κ3) is 4.53. The van der Waals surface area contributed by atoms with Gasteiger partial charge >= 0.3 is 0 Å². The molecule has 1 N–H and O–H groups in total. The molecule has 3 aromatic rings. The number of halogens is 2. The monoisotopic (exact) mass is 355 g/mol. The summed E-state index contributed by atoms with van der Waals surface area (Å²) in [7, 11) is 0. The summed E-state index contributed by atoms with van der Waals surface area (Å²) < 4.78 is 31.9. The lowest BCUT2D eigenvalue weighted by molar-refractivity contribution is 0.292. The van der Waals surface area contributed by atoms with Crippen LogP contribution in [0.2, 0.25) is 0 Å². The van der Waals surface area contributed by atoms with Crippen molar-refractivity contribution in [1.29, 1.82) is 0 Å². The minimum absolute atomic E-state index is 0.0800. The highest BCUT2D eigenvalue weighted by atomic mass is 19.2. The van der Waals surface area contributed by atoms with Gasteiger partial charge in [0.1, 0.15) is 6.61 Å². The quantitative estimate of drug-likeness (QED) is 0.699. The molecule has 1 aromatic heterocycles. The second kappa shape index (κ2) is 7.47. The van der Waals surface area contributed by atoms with Gasteiger partial charge in [0, 0.05) is 17.4 Å². The fraction of sp³-hybridized carbons (Fsp3) is 0.200. The largest absolute Gasteiger partial charge is 0.473 e. The lowest BCUT2D eigenvalue weighted by atomic mass is 10.1. The van der Waals surface area contributed by atoms with Crippen LogP contribution >= 0.6 is 0 Å². The van der Waals surface area contributed by atoms with Gasteiger partial charge in [-0.05, 0) is 61.7 Å². The molecule has 2 aromatic carbocycles. The van der Waals surface area contributed by atoms with Gasteiger partial charge in [-0.1, -0.05) is 12.1 Å². The van der Waals surface area contributed by atoms with E-state index in [-0.39, 0.29) is 6.61 Å². The molecule has 0 unspecified atom stereocenters. The minimum Gasteiger partial charge on any atom is -0.473 e. The van der Waals surface area contributed by atoms with Gasteiger partial charge in [0.15, 0.2) is 11.6 Å². The van der Waals surface area contributed by atoms with Gasteiger partial charge in [0.25, 0.3) is 0 Å². The Morgan fingerprint density at radius 2 is 1.62 bits per heavy atom. The van der Waals surface area contributed by atoms with Crippen molar-refractivity contribution in [2.45, 2.75) is 27.4 Å². The van der Waals surface area contributed by atoms with E-state index in [2.05, 4.69) is 21.4 Å². The number of aromatic nitrogens is 2. The van der Waals surface area contributed by atoms with Crippen molar-refractivity contribution >= 4 is 11.6 Å². The van der Waals surface area contributed by atoms with E-state index in [4.69, 9.17) is 4.74 Å². The number of ether oxygens (including phenoxy) is 1. The number of nitrogens with one attached hydrogen (secondary N) is 1. The molecule has 0 atom stereocenters. The number of aryl methyl sites for hydroxylation is 3. The Hall–Kier alpha value is -3.02. The normalized spacial score (nSPS) is 10.7. The highest BCUT2D eigenvalue weighted by Crippen LogP contribution is 2.20. The molecule has 0 aliphatic rings. The van der Waals surface area contributed by atoms with Crippen molar-refractivity contribution in [1.82, 2.24) is 9.97 Å². The molecule has 26 heavy (non-hydrogen) atoms. The van der Waals surface area contributed by atoms with Crippen LogP contribution in [0.3, 0.4) is 0 Å². The molecule has 134 valence electrons. The third-order valence-electron chi connectivity index (χ3n) is 3.68. The summed E-state index contributed by atoms with van der Waals surface area (Å²) in [4.78, 5) is 8.69. The van der Waals surface area contributed by atoms with Crippen LogP contribution in [-0.2, 0) is 6.61 Å². The molecule has 0 saturated heterocycles. The zero-order chi connectivity index (χ0) is 18.7. The van der Waals surface area contributed by atoms with Crippen molar-refractivity contribution in [2.75, 3.05) is 5.32 Å². The summed E-state index contributed by atoms with van der Waals surface area (Å²) in [5.41, 5.74) is 4.40. The van der Waals surface area contributed by atoms with Gasteiger partial charge in [0.05, 0.1) is 0 Å². The van der Waals surface area contributed by atoms with Crippen LogP contribution in [0.5, 0.6) is 5.88 Å². The van der Waals surface area contributed by atoms with Gasteiger partial charge in [-0.15, -0.1) is 0 Å². The van der Waals surface area contributed by atoms with Crippen LogP contribution < -0.4 is 10.1 Å². The molecule has 0 aliphatic carbocycles. The second-order valence-electron chi connectivity index (χ2n) is 6.21. The molecule has 3 rings (SSSR count). The lowest BCUT2D eigenvalue weighted by Crippen LogP contribution is -2.03. The van der Waals surface area contributed by atoms with Crippen LogP contribution in [0, 0.1) is 32.4 Å². The third-order valence-corrected chi connectivity index (χ3v) is 3.68. The van der Waals surface area contributed by atoms with E-state index >= 15 is 0 Å². The van der Waals surface area contributed by atoms with Crippen molar-refractivity contribution in [3.05, 3.63) is 76.5 Å². The highest BCUT2D eigenvalue weighted by Gasteiger charge is 2.07. The van der Waals surface area contributed by atoms with Crippen LogP contribution in [-0.4, -0.2) is 9.97 Å². The maximum Gasteiger partial charge on any atom is 0.230 e. The maximum atomic E-state index is 13.3. The van der Waals surface area contributed by atoms with E-state index in [9.17, 15) is 8.78 Å². The van der Waals surface area contributed by atoms with Gasteiger partial charge in [-0.25, -0.2) is 13.8 Å². The fourth-order valence-corrected chi connectivity index (χ4v) is 2.63. The predicted octanol–water partition coefficient (Wildman–Crippen LogP) is 5.00. The topological polar surface area (TPSA) is 47.0 Å². The Labute approximate surface area is 150 Å². The first-order valence-electron chi connectivity index (χ1n) is 8.17. The highest BCUT2D eigenvalue weighted by molar-refractivity contribution is 5.56. The molecular weight excluding hydrogens is 336 g/mol. The summed E-state index contributed by atoms with van der Waals surface area (Å²) in [5.74, 6) is -1.02. The molecule has 0 saturated carbocycles. The van der Waals surface area contributed by atoms with Crippen LogP contribution in [0.4, 0.5) is 20.4 Å². The van der Waals surface area contributed by atoms with E-state index in [0.29, 0.717) is 17.4 Å². The first-order valence-corrected chi connectivity index (χ1v) is 8.17. The average Bonchev–Trinajstić information content (AvgIpc) is 2.54. The molecular formula is C20H19F2N3O. The minimum atomic E-state index is -0.901. The van der Waals surface area contributed by atoms with Crippen molar-refractivity contribution in [3.63, 3.8) is 0 Å². The van der Waals surface area contributed by atoms with Crippen LogP contribution in [0.15, 0.2) is 42.5 Å². The number of rotatable bonds is 5. The van der Waals surface area contributed by atoms with Crippen molar-refractivity contribution in [3.8, 4) is 5.88 Å². The number of benzene rings is 2. The molecule has 4 nitrogen and oxygen atoms in total. The Morgan fingerprint density at radius 1 is 0.885 bits per heavy atom.